The number of hydrogen-bond donors (Lipinski definition) is 3. The maximum atomic E-state index is 12.5. The van der Waals surface area contributed by atoms with Crippen LogP contribution in [0.3, 0.4) is 0 Å². The predicted molar refractivity (Wildman–Crippen MR) is 80.3 cm³/mol. The Morgan fingerprint density at radius 1 is 1.30 bits per heavy atom. The van der Waals surface area contributed by atoms with Gasteiger partial charge in [-0.05, 0) is 32.2 Å². The lowest BCUT2D eigenvalue weighted by atomic mass is 9.81. The molecule has 0 aliphatic carbocycles. The van der Waals surface area contributed by atoms with Crippen LogP contribution < -0.4 is 16.0 Å². The molecule has 0 spiro atoms. The van der Waals surface area contributed by atoms with Gasteiger partial charge in [-0.3, -0.25) is 9.59 Å². The minimum absolute atomic E-state index is 0.0107. The average Bonchev–Trinajstić information content (AvgIpc) is 2.86. The summed E-state index contributed by atoms with van der Waals surface area (Å²) in [7, 11) is 0. The maximum Gasteiger partial charge on any atom is 0.242 e. The van der Waals surface area contributed by atoms with Gasteiger partial charge in [0.05, 0.1) is 5.41 Å². The van der Waals surface area contributed by atoms with Gasteiger partial charge in [0.25, 0.3) is 0 Å². The van der Waals surface area contributed by atoms with Gasteiger partial charge in [0.2, 0.25) is 11.8 Å². The van der Waals surface area contributed by atoms with E-state index in [9.17, 15) is 9.59 Å². The fourth-order valence-electron chi connectivity index (χ4n) is 2.62. The predicted octanol–water partition coefficient (Wildman–Crippen LogP) is 1.04. The molecule has 2 atom stereocenters. The summed E-state index contributed by atoms with van der Waals surface area (Å²) in [6.07, 6.45) is 2.70. The van der Waals surface area contributed by atoms with Crippen molar-refractivity contribution in [2.75, 3.05) is 19.6 Å². The Morgan fingerprint density at radius 3 is 2.50 bits per heavy atom. The first-order valence-corrected chi connectivity index (χ1v) is 7.70. The van der Waals surface area contributed by atoms with E-state index in [1.54, 1.807) is 6.92 Å². The molecule has 0 saturated carbocycles. The normalized spacial score (nSPS) is 23.6. The molecule has 2 amide bonds. The van der Waals surface area contributed by atoms with Crippen LogP contribution in [0.1, 0.15) is 47.0 Å². The van der Waals surface area contributed by atoms with Gasteiger partial charge in [0.1, 0.15) is 6.04 Å². The Kier molecular flexibility index (Phi) is 6.46. The van der Waals surface area contributed by atoms with E-state index in [-0.39, 0.29) is 17.2 Å². The average molecular weight is 283 g/mol. The molecule has 3 N–H and O–H groups in total. The molecule has 5 heteroatoms. The molecule has 1 aliphatic heterocycles. The van der Waals surface area contributed by atoms with Crippen molar-refractivity contribution >= 4 is 11.8 Å². The summed E-state index contributed by atoms with van der Waals surface area (Å²) in [5, 5.41) is 8.99. The van der Waals surface area contributed by atoms with Crippen molar-refractivity contribution in [1.82, 2.24) is 16.0 Å². The van der Waals surface area contributed by atoms with E-state index in [1.165, 1.54) is 0 Å². The highest BCUT2D eigenvalue weighted by Gasteiger charge is 2.41. The molecule has 2 unspecified atom stereocenters. The zero-order valence-corrected chi connectivity index (χ0v) is 13.2. The van der Waals surface area contributed by atoms with Gasteiger partial charge < -0.3 is 16.0 Å². The van der Waals surface area contributed by atoms with Gasteiger partial charge in [0.15, 0.2) is 0 Å². The topological polar surface area (TPSA) is 70.2 Å². The summed E-state index contributed by atoms with van der Waals surface area (Å²) < 4.78 is 0. The van der Waals surface area contributed by atoms with Gasteiger partial charge >= 0.3 is 0 Å². The van der Waals surface area contributed by atoms with Crippen LogP contribution in [-0.2, 0) is 9.59 Å². The van der Waals surface area contributed by atoms with E-state index in [4.69, 9.17) is 0 Å². The third-order valence-corrected chi connectivity index (χ3v) is 3.88. The van der Waals surface area contributed by atoms with E-state index in [0.717, 1.165) is 25.8 Å². The van der Waals surface area contributed by atoms with Crippen LogP contribution in [-0.4, -0.2) is 37.5 Å². The summed E-state index contributed by atoms with van der Waals surface area (Å²) in [5.41, 5.74) is -0.332. The van der Waals surface area contributed by atoms with E-state index in [0.29, 0.717) is 19.0 Å². The summed E-state index contributed by atoms with van der Waals surface area (Å²) in [6.45, 7) is 10.2. The zero-order chi connectivity index (χ0) is 15.2. The summed E-state index contributed by atoms with van der Waals surface area (Å²) >= 11 is 0. The maximum absolute atomic E-state index is 12.5. The fourth-order valence-corrected chi connectivity index (χ4v) is 2.62. The molecule has 0 bridgehead atoms. The number of rotatable bonds is 7. The second-order valence-electron chi connectivity index (χ2n) is 6.29. The molecule has 1 aliphatic rings. The van der Waals surface area contributed by atoms with Gasteiger partial charge in [-0.25, -0.2) is 0 Å². The van der Waals surface area contributed by atoms with Crippen LogP contribution in [0.25, 0.3) is 0 Å². The molecule has 0 aromatic rings. The van der Waals surface area contributed by atoms with Crippen molar-refractivity contribution in [3.05, 3.63) is 0 Å². The summed E-state index contributed by atoms with van der Waals surface area (Å²) in [6, 6.07) is -0.476. The Bertz CT molecular complexity index is 336. The first-order chi connectivity index (χ1) is 9.41. The molecular weight excluding hydrogens is 254 g/mol. The van der Waals surface area contributed by atoms with Gasteiger partial charge in [-0.15, -0.1) is 0 Å². The smallest absolute Gasteiger partial charge is 0.242 e. The molecule has 1 saturated heterocycles. The molecule has 1 heterocycles. The van der Waals surface area contributed by atoms with Crippen molar-refractivity contribution < 1.29 is 9.59 Å². The standard InChI is InChI=1S/C15H29N3O2/c1-5-6-15(7-8-16-10-15)14(20)18-12(4)13(19)17-9-11(2)3/h11-12,16H,5-10H2,1-4H3,(H,17,19)(H,18,20). The van der Waals surface area contributed by atoms with E-state index in [2.05, 4.69) is 22.9 Å². The first kappa shape index (κ1) is 17.0. The largest absolute Gasteiger partial charge is 0.354 e. The molecule has 20 heavy (non-hydrogen) atoms. The lowest BCUT2D eigenvalue weighted by Gasteiger charge is -2.28. The first-order valence-electron chi connectivity index (χ1n) is 7.70. The minimum atomic E-state index is -0.476. The molecule has 0 radical (unpaired) electrons. The van der Waals surface area contributed by atoms with Crippen LogP contribution >= 0.6 is 0 Å². The molecule has 0 aromatic carbocycles. The second-order valence-corrected chi connectivity index (χ2v) is 6.29. The Labute approximate surface area is 122 Å². The van der Waals surface area contributed by atoms with Crippen molar-refractivity contribution in [1.29, 1.82) is 0 Å². The Morgan fingerprint density at radius 2 is 2.00 bits per heavy atom. The third kappa shape index (κ3) is 4.47. The molecule has 1 rings (SSSR count). The van der Waals surface area contributed by atoms with Crippen molar-refractivity contribution in [3.63, 3.8) is 0 Å². The molecule has 116 valence electrons. The highest BCUT2D eigenvalue weighted by atomic mass is 16.2. The highest BCUT2D eigenvalue weighted by Crippen LogP contribution is 2.31. The monoisotopic (exact) mass is 283 g/mol. The van der Waals surface area contributed by atoms with Crippen LogP contribution in [0.2, 0.25) is 0 Å². The number of hydrogen-bond acceptors (Lipinski definition) is 3. The lowest BCUT2D eigenvalue weighted by Crippen LogP contribution is -2.51. The lowest BCUT2D eigenvalue weighted by molar-refractivity contribution is -0.134. The number of carbonyl (C=O) groups excluding carboxylic acids is 2. The van der Waals surface area contributed by atoms with Crippen LogP contribution in [0.15, 0.2) is 0 Å². The molecular formula is C15H29N3O2. The van der Waals surface area contributed by atoms with Crippen molar-refractivity contribution in [3.8, 4) is 0 Å². The molecule has 1 fully saturated rings. The van der Waals surface area contributed by atoms with Gasteiger partial charge in [0, 0.05) is 13.1 Å². The summed E-state index contributed by atoms with van der Waals surface area (Å²) in [5.74, 6) is 0.313. The number of amides is 2. The second kappa shape index (κ2) is 7.62. The quantitative estimate of drug-likeness (QED) is 0.654. The summed E-state index contributed by atoms with van der Waals surface area (Å²) in [4.78, 5) is 24.4. The fraction of sp³-hybridized carbons (Fsp3) is 0.867. The molecule has 0 aromatic heterocycles. The van der Waals surface area contributed by atoms with Gasteiger partial charge in [-0.1, -0.05) is 27.2 Å². The minimum Gasteiger partial charge on any atom is -0.354 e. The van der Waals surface area contributed by atoms with Gasteiger partial charge in [-0.2, -0.15) is 0 Å². The Hall–Kier alpha value is -1.10. The SMILES string of the molecule is CCCC1(C(=O)NC(C)C(=O)NCC(C)C)CCNC1. The van der Waals surface area contributed by atoms with E-state index >= 15 is 0 Å². The number of carbonyl (C=O) groups is 2. The zero-order valence-electron chi connectivity index (χ0n) is 13.2. The number of nitrogens with one attached hydrogen (secondary N) is 3. The Balaban J connectivity index is 2.53. The van der Waals surface area contributed by atoms with Crippen LogP contribution in [0.4, 0.5) is 0 Å². The van der Waals surface area contributed by atoms with Crippen LogP contribution in [0, 0.1) is 11.3 Å². The van der Waals surface area contributed by atoms with E-state index < -0.39 is 6.04 Å². The van der Waals surface area contributed by atoms with Crippen molar-refractivity contribution in [2.45, 2.75) is 53.0 Å². The van der Waals surface area contributed by atoms with Crippen LogP contribution in [0.5, 0.6) is 0 Å². The highest BCUT2D eigenvalue weighted by molar-refractivity contribution is 5.90. The third-order valence-electron chi connectivity index (χ3n) is 3.88. The van der Waals surface area contributed by atoms with E-state index in [1.807, 2.05) is 13.8 Å². The molecule has 5 nitrogen and oxygen atoms in total. The van der Waals surface area contributed by atoms with Crippen molar-refractivity contribution in [2.24, 2.45) is 11.3 Å².